The van der Waals surface area contributed by atoms with E-state index in [4.69, 9.17) is 77.4 Å². The van der Waals surface area contributed by atoms with Gasteiger partial charge in [0.05, 0.1) is 53.0 Å². The molecule has 0 aromatic carbocycles. The number of carbonyl (C=O) groups is 1. The number of ether oxygens (including phenoxy) is 3. The molecule has 7 atom stereocenters. The number of carbonyl (C=O) groups excluding carboxylic acids is 1. The largest absolute Gasteiger partial charge is 0.396 e. The van der Waals surface area contributed by atoms with E-state index >= 15 is 0 Å². The van der Waals surface area contributed by atoms with Crippen LogP contribution in [0.2, 0.25) is 0 Å². The molecule has 19 heteroatoms. The minimum atomic E-state index is -2.73. The fourth-order valence-corrected chi connectivity index (χ4v) is 10.5. The van der Waals surface area contributed by atoms with E-state index in [1.54, 1.807) is 13.8 Å². The Bertz CT molecular complexity index is 2140. The summed E-state index contributed by atoms with van der Waals surface area (Å²) in [6.07, 6.45) is 27.6. The van der Waals surface area contributed by atoms with E-state index < -0.39 is 42.5 Å². The Morgan fingerprint density at radius 1 is 0.596 bits per heavy atom. The molecule has 0 aromatic rings. The van der Waals surface area contributed by atoms with Crippen LogP contribution in [0.25, 0.3) is 0 Å². The van der Waals surface area contributed by atoms with E-state index in [1.807, 2.05) is 61.6 Å². The zero-order valence-electron chi connectivity index (χ0n) is 77.7. The maximum absolute atomic E-state index is 12.5. The van der Waals surface area contributed by atoms with Gasteiger partial charge in [-0.15, -0.1) is 0 Å². The van der Waals surface area contributed by atoms with E-state index in [0.717, 1.165) is 139 Å². The number of halogens is 2. The second-order valence-electron chi connectivity index (χ2n) is 31.2. The highest BCUT2D eigenvalue weighted by Gasteiger charge is 2.44. The number of nitriles is 1. The number of nitrogens with zero attached hydrogens (tertiary/aromatic N) is 1. The molecule has 630 valence electrons. The predicted octanol–water partition coefficient (Wildman–Crippen LogP) is 17.9. The summed E-state index contributed by atoms with van der Waals surface area (Å²) in [5.41, 5.74) is 5.72. The molecule has 1 unspecified atom stereocenters. The highest BCUT2D eigenvalue weighted by Crippen LogP contribution is 2.51. The van der Waals surface area contributed by atoms with E-state index in [0.29, 0.717) is 75.0 Å². The highest BCUT2D eigenvalue weighted by atomic mass is 32.2. The molecule has 10 fully saturated rings. The smallest absolute Gasteiger partial charge is 0.220 e. The molecule has 0 spiro atoms. The van der Waals surface area contributed by atoms with Crippen LogP contribution >= 0.6 is 0 Å². The lowest BCUT2D eigenvalue weighted by molar-refractivity contribution is -0.130. The molecule has 16 nitrogen and oxygen atoms in total. The summed E-state index contributed by atoms with van der Waals surface area (Å²) in [5, 5.41) is 85.0. The lowest BCUT2D eigenvalue weighted by Gasteiger charge is -2.32. The predicted molar refractivity (Wildman–Crippen MR) is 436 cm³/mol. The number of rotatable bonds is 20. The molecule has 10 aliphatic rings. The molecule has 3 saturated heterocycles. The fourth-order valence-electron chi connectivity index (χ4n) is 9.38. The molecule has 7 saturated carbocycles. The first-order valence-corrected chi connectivity index (χ1v) is 41.3. The van der Waals surface area contributed by atoms with E-state index in [1.165, 1.54) is 83.5 Å². The molecule has 0 aromatic heterocycles. The molecule has 1 amide bonds. The van der Waals surface area contributed by atoms with Crippen LogP contribution in [0.5, 0.6) is 0 Å². The number of hydrogen-bond acceptors (Lipinski definition) is 15. The van der Waals surface area contributed by atoms with Crippen LogP contribution in [0.15, 0.2) is 12.2 Å². The van der Waals surface area contributed by atoms with Crippen molar-refractivity contribution in [1.29, 1.82) is 5.26 Å². The van der Waals surface area contributed by atoms with Crippen LogP contribution in [0, 0.1) is 93.2 Å². The molecule has 104 heavy (non-hydrogen) atoms. The van der Waals surface area contributed by atoms with Crippen LogP contribution in [0.1, 0.15) is 330 Å². The second-order valence-corrected chi connectivity index (χ2v) is 33.0. The maximum atomic E-state index is 12.5. The van der Waals surface area contributed by atoms with Gasteiger partial charge in [-0.1, -0.05) is 177 Å². The molecule has 10 rings (SSSR count). The van der Waals surface area contributed by atoms with Gasteiger partial charge in [0.2, 0.25) is 5.91 Å². The third-order valence-corrected chi connectivity index (χ3v) is 22.6. The lowest BCUT2D eigenvalue weighted by atomic mass is 9.77. The first-order chi connectivity index (χ1) is 51.2. The van der Waals surface area contributed by atoms with Crippen LogP contribution in [-0.4, -0.2) is 177 Å². The SMILES string of the molecule is C.C=C(CC)CO.CC1CC(CO)C1.CC1CC(CO)C1.CC1CC(O)C1.CC1CC(O)C1.CCC1(CC#N)CC1.CCC1(CO)CC1.CCC1(F)COC1.CCC1(S(C)=O)CC1.CC[C@H](C)C(N)=O.CC[C@H](C)CF.C[C@@H]1CCOC1.C[C@H]1CCOC1.[2H]C([2H])(C)C([2H])([2H])O.[2H]C([2H])(O)[C@@H](C)CC.[2H]C([2H])(O)[C@H](C)CC. The Balaban J connectivity index is -0.000000210. The number of hydrogen-bond donors (Lipinski definition) is 10. The van der Waals surface area contributed by atoms with Crippen molar-refractivity contribution in [2.75, 3.05) is 98.7 Å². The normalized spacial score (nSPS) is 27.7. The van der Waals surface area contributed by atoms with Crippen molar-refractivity contribution in [3.05, 3.63) is 12.2 Å². The Hall–Kier alpha value is -1.77. The highest BCUT2D eigenvalue weighted by molar-refractivity contribution is 7.86. The number of nitrogens with two attached hydrogens (primary N) is 1. The number of primary amides is 1. The quantitative estimate of drug-likeness (QED) is 0.0507. The summed E-state index contributed by atoms with van der Waals surface area (Å²) in [6, 6.07) is 2.22. The zero-order chi connectivity index (χ0) is 87.8. The summed E-state index contributed by atoms with van der Waals surface area (Å²) in [5.74, 6) is 5.88. The van der Waals surface area contributed by atoms with E-state index in [-0.39, 0.29) is 67.2 Å². The third kappa shape index (κ3) is 69.4. The number of amides is 1. The molecule has 0 bridgehead atoms. The summed E-state index contributed by atoms with van der Waals surface area (Å²) in [7, 11) is -0.565. The number of aliphatic hydroxyl groups excluding tert-OH is 6. The first-order valence-electron chi connectivity index (χ1n) is 43.8. The summed E-state index contributed by atoms with van der Waals surface area (Å²) in [4.78, 5) is 10.2. The zero-order valence-corrected chi connectivity index (χ0v) is 70.5. The third-order valence-electron chi connectivity index (χ3n) is 20.7. The first kappa shape index (κ1) is 98.3. The van der Waals surface area contributed by atoms with Crippen LogP contribution in [-0.2, 0) is 29.8 Å². The Morgan fingerprint density at radius 3 is 0.990 bits per heavy atom. The van der Waals surface area contributed by atoms with Crippen molar-refractivity contribution >= 4 is 16.7 Å². The van der Waals surface area contributed by atoms with Gasteiger partial charge in [0.1, 0.15) is 0 Å². The number of aliphatic hydroxyl groups is 9. The van der Waals surface area contributed by atoms with Crippen molar-refractivity contribution in [3.8, 4) is 6.07 Å². The van der Waals surface area contributed by atoms with Gasteiger partial charge in [-0.3, -0.25) is 13.4 Å². The monoisotopic (exact) mass is 1530 g/mol. The lowest BCUT2D eigenvalue weighted by Crippen LogP contribution is -2.44. The second kappa shape index (κ2) is 72.8. The van der Waals surface area contributed by atoms with Crippen molar-refractivity contribution in [1.82, 2.24) is 0 Å². The average Bonchev–Trinajstić information content (AvgIpc) is 1.65. The van der Waals surface area contributed by atoms with Gasteiger partial charge in [0.25, 0.3) is 0 Å². The molecule has 3 aliphatic heterocycles. The Kier molecular flexibility index (Phi) is 68.8. The van der Waals surface area contributed by atoms with Gasteiger partial charge >= 0.3 is 0 Å². The van der Waals surface area contributed by atoms with Crippen molar-refractivity contribution < 1.29 is 88.9 Å². The minimum absolute atomic E-state index is 0. The van der Waals surface area contributed by atoms with Crippen molar-refractivity contribution in [2.24, 2.45) is 87.6 Å². The molecular weight excluding hydrogens is 1340 g/mol. The Morgan fingerprint density at radius 2 is 0.962 bits per heavy atom. The van der Waals surface area contributed by atoms with Gasteiger partial charge < -0.3 is 65.9 Å². The van der Waals surface area contributed by atoms with Gasteiger partial charge in [-0.05, 0) is 224 Å². The molecule has 7 aliphatic carbocycles. The minimum Gasteiger partial charge on any atom is -0.396 e. The molecule has 11 N–H and O–H groups in total. The van der Waals surface area contributed by atoms with E-state index in [2.05, 4.69) is 79.7 Å². The summed E-state index contributed by atoms with van der Waals surface area (Å²) >= 11 is 0. The number of alkyl halides is 2. The van der Waals surface area contributed by atoms with Crippen LogP contribution < -0.4 is 5.73 Å². The molecule has 3 heterocycles. The maximum Gasteiger partial charge on any atom is 0.220 e. The molecular formula is C85H176F2N2O14S. The fraction of sp³-hybridized carbons (Fsp3) is 0.953. The van der Waals surface area contributed by atoms with Gasteiger partial charge in [0.15, 0.2) is 5.67 Å². The Labute approximate surface area is 654 Å². The average molecular weight is 1530 g/mol. The van der Waals surface area contributed by atoms with E-state index in [9.17, 15) is 17.8 Å². The van der Waals surface area contributed by atoms with Gasteiger partial charge in [0, 0.05) is 103 Å². The van der Waals surface area contributed by atoms with Crippen LogP contribution in [0.3, 0.4) is 0 Å². The van der Waals surface area contributed by atoms with Crippen LogP contribution in [0.4, 0.5) is 8.78 Å². The standard InChI is InChI=1S/C7H11N.C6H12OS.3C6H12O.C5H9FO.C5H11F.C5H11NO.4C5H10O.2C5H12O.C5H10O.C3H8O.CH4/c1-2-7(3-4-7)5-6-8;1-3-6(4-5-6)8(2)7;2*1-5-2-6(3-5)4-7;1-2-6(5-7)3-4-6;1-2-5(6)3-7-4-5;1-3-5(2)4-6;1-3-4(2)5(6)7;2*1-4-2-5(6)3-4;2*1-5-2-3-6-4-5;3*1-3-5(2)4-6;1-2-3-4;/h2-5H2,1H3;3-5H2,1-2H3;2*5-7H,2-4H2,1H3;7H,2-5H2,1H3;2-4H2,1H3;5H,3-4H2,1-2H3;4H,3H2,1-2H3,(H2,6,7);2*4-6H,2-3H2,1H3;2*5H,2-4H2,1H3;2*5-6H,3-4H2,1-2H3;6H,2-4H2,1H3;4H,2-3H2,1H3;1H4/t;;;;;;5-;4-;;;4*5-;;;/m......00..1010.../s1/i;;;;;;;;;;;;2*4D2;;2D2,3D2;. The van der Waals surface area contributed by atoms with Crippen molar-refractivity contribution in [2.45, 2.75) is 342 Å². The topological polar surface area (TPSA) is 294 Å². The van der Waals surface area contributed by atoms with Gasteiger partial charge in [-0.25, -0.2) is 4.39 Å². The summed E-state index contributed by atoms with van der Waals surface area (Å²) < 4.78 is 103. The van der Waals surface area contributed by atoms with Crippen molar-refractivity contribution in [3.63, 3.8) is 0 Å². The molecule has 0 radical (unpaired) electrons. The summed E-state index contributed by atoms with van der Waals surface area (Å²) in [6.45, 7) is 41.7. The van der Waals surface area contributed by atoms with Gasteiger partial charge in [-0.2, -0.15) is 5.26 Å².